The van der Waals surface area contributed by atoms with Gasteiger partial charge in [0.25, 0.3) is 5.56 Å². The molecule has 0 amide bonds. The number of sulfonamides is 1. The fourth-order valence-corrected chi connectivity index (χ4v) is 2.97. The Bertz CT molecular complexity index is 1040. The van der Waals surface area contributed by atoms with Gasteiger partial charge in [0.2, 0.25) is 10.0 Å². The van der Waals surface area contributed by atoms with E-state index in [4.69, 9.17) is 0 Å². The minimum absolute atomic E-state index is 0.213. The molecule has 2 aromatic carbocycles. The number of anilines is 1. The summed E-state index contributed by atoms with van der Waals surface area (Å²) in [5.41, 5.74) is 1.54. The fourth-order valence-electron chi connectivity index (χ4n) is 2.41. The first kappa shape index (κ1) is 15.2. The molecule has 1 aromatic heterocycles. The zero-order chi connectivity index (χ0) is 16.6. The van der Waals surface area contributed by atoms with E-state index in [1.807, 2.05) is 25.1 Å². The lowest BCUT2D eigenvalue weighted by Crippen LogP contribution is -2.22. The summed E-state index contributed by atoms with van der Waals surface area (Å²) >= 11 is 0. The summed E-state index contributed by atoms with van der Waals surface area (Å²) < 4.78 is 26.1. The minimum atomic E-state index is -3.33. The summed E-state index contributed by atoms with van der Waals surface area (Å²) in [5.74, 6) is 0. The Kier molecular flexibility index (Phi) is 3.65. The second kappa shape index (κ2) is 5.51. The molecule has 0 atom stereocenters. The molecule has 23 heavy (non-hydrogen) atoms. The van der Waals surface area contributed by atoms with Gasteiger partial charge >= 0.3 is 0 Å². The number of nitrogens with one attached hydrogen (secondary N) is 1. The van der Waals surface area contributed by atoms with Crippen molar-refractivity contribution in [3.05, 3.63) is 64.6 Å². The molecule has 0 spiro atoms. The van der Waals surface area contributed by atoms with Gasteiger partial charge in [0.15, 0.2) is 0 Å². The van der Waals surface area contributed by atoms with Crippen molar-refractivity contribution in [3.8, 4) is 5.69 Å². The molecule has 1 heterocycles. The van der Waals surface area contributed by atoms with E-state index in [1.165, 1.54) is 4.68 Å². The summed E-state index contributed by atoms with van der Waals surface area (Å²) in [6.07, 6.45) is 1.08. The average Bonchev–Trinajstić information content (AvgIpc) is 2.50. The standard InChI is InChI=1S/C16H15N3O3S/c1-11-14-5-3-4-6-15(14)16(20)19(17-11)13-9-7-12(8-10-13)18-23(2,21)22/h3-10,18H,1-2H3. The van der Waals surface area contributed by atoms with Crippen LogP contribution >= 0.6 is 0 Å². The van der Waals surface area contributed by atoms with Crippen LogP contribution in [0, 0.1) is 6.92 Å². The number of aromatic nitrogens is 2. The van der Waals surface area contributed by atoms with Crippen molar-refractivity contribution in [3.63, 3.8) is 0 Å². The molecule has 0 bridgehead atoms. The third-order valence-electron chi connectivity index (χ3n) is 3.40. The maximum Gasteiger partial charge on any atom is 0.279 e. The number of nitrogens with zero attached hydrogens (tertiary/aromatic N) is 2. The van der Waals surface area contributed by atoms with Crippen LogP contribution in [0.1, 0.15) is 5.69 Å². The Labute approximate surface area is 133 Å². The monoisotopic (exact) mass is 329 g/mol. The Morgan fingerprint density at radius 1 is 1.00 bits per heavy atom. The Morgan fingerprint density at radius 3 is 2.22 bits per heavy atom. The molecule has 7 heteroatoms. The third-order valence-corrected chi connectivity index (χ3v) is 4.01. The number of benzene rings is 2. The lowest BCUT2D eigenvalue weighted by Gasteiger charge is -2.10. The predicted molar refractivity (Wildman–Crippen MR) is 90.5 cm³/mol. The topological polar surface area (TPSA) is 81.1 Å². The lowest BCUT2D eigenvalue weighted by molar-refractivity contribution is 0.607. The molecule has 0 aliphatic heterocycles. The third kappa shape index (κ3) is 3.09. The summed E-state index contributed by atoms with van der Waals surface area (Å²) in [7, 11) is -3.33. The first-order chi connectivity index (χ1) is 10.8. The summed E-state index contributed by atoms with van der Waals surface area (Å²) in [4.78, 5) is 12.6. The van der Waals surface area contributed by atoms with Gasteiger partial charge in [-0.3, -0.25) is 9.52 Å². The van der Waals surface area contributed by atoms with Crippen LogP contribution in [-0.4, -0.2) is 24.5 Å². The van der Waals surface area contributed by atoms with Gasteiger partial charge in [0.1, 0.15) is 0 Å². The molecule has 0 aliphatic carbocycles. The molecular formula is C16H15N3O3S. The van der Waals surface area contributed by atoms with E-state index in [9.17, 15) is 13.2 Å². The molecule has 0 saturated carbocycles. The summed E-state index contributed by atoms with van der Waals surface area (Å²) in [6, 6.07) is 13.8. The van der Waals surface area contributed by atoms with Crippen LogP contribution in [0.2, 0.25) is 0 Å². The number of rotatable bonds is 3. The lowest BCUT2D eigenvalue weighted by atomic mass is 10.1. The quantitative estimate of drug-likeness (QED) is 0.797. The van der Waals surface area contributed by atoms with Crippen molar-refractivity contribution >= 4 is 26.5 Å². The van der Waals surface area contributed by atoms with Gasteiger partial charge < -0.3 is 0 Å². The normalized spacial score (nSPS) is 11.6. The minimum Gasteiger partial charge on any atom is -0.284 e. The Balaban J connectivity index is 2.10. The SMILES string of the molecule is Cc1nn(-c2ccc(NS(C)(=O)=O)cc2)c(=O)c2ccccc12. The maximum atomic E-state index is 12.6. The van der Waals surface area contributed by atoms with E-state index >= 15 is 0 Å². The van der Waals surface area contributed by atoms with Gasteiger partial charge in [-0.05, 0) is 37.3 Å². The van der Waals surface area contributed by atoms with Crippen molar-refractivity contribution < 1.29 is 8.42 Å². The van der Waals surface area contributed by atoms with Crippen molar-refractivity contribution in [1.82, 2.24) is 9.78 Å². The highest BCUT2D eigenvalue weighted by Gasteiger charge is 2.09. The summed E-state index contributed by atoms with van der Waals surface area (Å²) in [6.45, 7) is 1.85. The van der Waals surface area contributed by atoms with E-state index in [-0.39, 0.29) is 5.56 Å². The highest BCUT2D eigenvalue weighted by atomic mass is 32.2. The van der Waals surface area contributed by atoms with Gasteiger partial charge in [-0.25, -0.2) is 8.42 Å². The van der Waals surface area contributed by atoms with Gasteiger partial charge in [0, 0.05) is 11.1 Å². The summed E-state index contributed by atoms with van der Waals surface area (Å²) in [5, 5.41) is 5.76. The fraction of sp³-hybridized carbons (Fsp3) is 0.125. The molecule has 0 saturated heterocycles. The van der Waals surface area contributed by atoms with Gasteiger partial charge in [-0.2, -0.15) is 9.78 Å². The number of hydrogen-bond donors (Lipinski definition) is 1. The number of aryl methyl sites for hydroxylation is 1. The van der Waals surface area contributed by atoms with Crippen molar-refractivity contribution in [2.24, 2.45) is 0 Å². The smallest absolute Gasteiger partial charge is 0.279 e. The van der Waals surface area contributed by atoms with E-state index < -0.39 is 10.0 Å². The predicted octanol–water partition coefficient (Wildman–Crippen LogP) is 2.07. The zero-order valence-corrected chi connectivity index (χ0v) is 13.5. The van der Waals surface area contributed by atoms with Crippen LogP contribution in [0.3, 0.4) is 0 Å². The van der Waals surface area contributed by atoms with E-state index in [2.05, 4.69) is 9.82 Å². The molecule has 3 aromatic rings. The molecule has 118 valence electrons. The van der Waals surface area contributed by atoms with E-state index in [0.29, 0.717) is 16.8 Å². The highest BCUT2D eigenvalue weighted by Crippen LogP contribution is 2.16. The Morgan fingerprint density at radius 2 is 1.61 bits per heavy atom. The number of hydrogen-bond acceptors (Lipinski definition) is 4. The first-order valence-electron chi connectivity index (χ1n) is 6.92. The van der Waals surface area contributed by atoms with Crippen LogP contribution in [0.25, 0.3) is 16.5 Å². The molecule has 0 radical (unpaired) electrons. The molecule has 0 fully saturated rings. The van der Waals surface area contributed by atoms with Crippen molar-refractivity contribution in [2.45, 2.75) is 6.92 Å². The van der Waals surface area contributed by atoms with Gasteiger partial charge in [-0.1, -0.05) is 18.2 Å². The van der Waals surface area contributed by atoms with Gasteiger partial charge in [0.05, 0.1) is 23.0 Å². The van der Waals surface area contributed by atoms with Crippen LogP contribution in [0.4, 0.5) is 5.69 Å². The maximum absolute atomic E-state index is 12.6. The van der Waals surface area contributed by atoms with Crippen LogP contribution < -0.4 is 10.3 Å². The second-order valence-corrected chi connectivity index (χ2v) is 7.02. The highest BCUT2D eigenvalue weighted by molar-refractivity contribution is 7.92. The first-order valence-corrected chi connectivity index (χ1v) is 8.81. The molecule has 3 rings (SSSR count). The molecule has 0 unspecified atom stereocenters. The average molecular weight is 329 g/mol. The van der Waals surface area contributed by atoms with Crippen LogP contribution in [0.5, 0.6) is 0 Å². The molecule has 1 N–H and O–H groups in total. The van der Waals surface area contributed by atoms with E-state index in [0.717, 1.165) is 17.3 Å². The largest absolute Gasteiger partial charge is 0.284 e. The van der Waals surface area contributed by atoms with E-state index in [1.54, 1.807) is 30.3 Å². The second-order valence-electron chi connectivity index (χ2n) is 5.27. The number of fused-ring (bicyclic) bond motifs is 1. The van der Waals surface area contributed by atoms with Crippen molar-refractivity contribution in [1.29, 1.82) is 0 Å². The molecule has 0 aliphatic rings. The Hall–Kier alpha value is -2.67. The van der Waals surface area contributed by atoms with Gasteiger partial charge in [-0.15, -0.1) is 0 Å². The molecular weight excluding hydrogens is 314 g/mol. The zero-order valence-electron chi connectivity index (χ0n) is 12.6. The van der Waals surface area contributed by atoms with Crippen molar-refractivity contribution in [2.75, 3.05) is 11.0 Å². The van der Waals surface area contributed by atoms with Crippen LogP contribution in [-0.2, 0) is 10.0 Å². The van der Waals surface area contributed by atoms with Crippen LogP contribution in [0.15, 0.2) is 53.3 Å². The molecule has 6 nitrogen and oxygen atoms in total.